The maximum Gasteiger partial charge on any atom is 0.251 e. The largest absolute Gasteiger partial charge is 0.497 e. The van der Waals surface area contributed by atoms with Crippen LogP contribution in [0.15, 0.2) is 53.0 Å². The minimum atomic E-state index is -0.0883. The molecule has 0 spiro atoms. The molecule has 0 aliphatic rings. The minimum absolute atomic E-state index is 0.0626. The van der Waals surface area contributed by atoms with Crippen LogP contribution in [0.25, 0.3) is 0 Å². The van der Waals surface area contributed by atoms with Gasteiger partial charge in [0.05, 0.1) is 13.2 Å². The van der Waals surface area contributed by atoms with E-state index in [0.717, 1.165) is 15.8 Å². The lowest BCUT2D eigenvalue weighted by molar-refractivity contribution is 0.0940. The maximum atomic E-state index is 12.1. The molecule has 0 saturated heterocycles. The maximum absolute atomic E-state index is 12.1. The summed E-state index contributed by atoms with van der Waals surface area (Å²) in [6.07, 6.45) is 0. The van der Waals surface area contributed by atoms with Crippen molar-refractivity contribution in [1.29, 1.82) is 0 Å². The second-order valence-corrected chi connectivity index (χ2v) is 5.39. The number of amides is 1. The van der Waals surface area contributed by atoms with Crippen LogP contribution in [0, 0.1) is 0 Å². The molecule has 2 aromatic rings. The van der Waals surface area contributed by atoms with Crippen LogP contribution in [-0.2, 0) is 0 Å². The molecule has 0 aromatic heterocycles. The Balaban J connectivity index is 2.06. The van der Waals surface area contributed by atoms with E-state index in [2.05, 4.69) is 21.2 Å². The van der Waals surface area contributed by atoms with E-state index in [9.17, 15) is 4.79 Å². The van der Waals surface area contributed by atoms with Gasteiger partial charge in [0.1, 0.15) is 5.75 Å². The van der Waals surface area contributed by atoms with Crippen LogP contribution in [0.4, 0.5) is 0 Å². The second kappa shape index (κ2) is 6.57. The van der Waals surface area contributed by atoms with Crippen molar-refractivity contribution in [3.05, 3.63) is 64.1 Å². The fraction of sp³-hybridized carbons (Fsp3) is 0.188. The van der Waals surface area contributed by atoms with Crippen molar-refractivity contribution >= 4 is 21.8 Å². The summed E-state index contributed by atoms with van der Waals surface area (Å²) in [6, 6.07) is 14.9. The van der Waals surface area contributed by atoms with Crippen LogP contribution in [0.1, 0.15) is 28.9 Å². The summed E-state index contributed by atoms with van der Waals surface area (Å²) < 4.78 is 6.01. The number of rotatable bonds is 4. The first-order valence-corrected chi connectivity index (χ1v) is 7.10. The van der Waals surface area contributed by atoms with Crippen LogP contribution in [0.5, 0.6) is 5.75 Å². The van der Waals surface area contributed by atoms with Gasteiger partial charge in [-0.1, -0.05) is 34.1 Å². The third-order valence-electron chi connectivity index (χ3n) is 3.05. The molecule has 0 heterocycles. The molecule has 1 atom stereocenters. The zero-order chi connectivity index (χ0) is 14.5. The van der Waals surface area contributed by atoms with Crippen molar-refractivity contribution in [2.24, 2.45) is 0 Å². The normalized spacial score (nSPS) is 11.8. The molecular weight excluding hydrogens is 318 g/mol. The van der Waals surface area contributed by atoms with E-state index in [1.165, 1.54) is 0 Å². The van der Waals surface area contributed by atoms with Crippen LogP contribution < -0.4 is 10.1 Å². The number of benzene rings is 2. The predicted octanol–water partition coefficient (Wildman–Crippen LogP) is 3.95. The van der Waals surface area contributed by atoms with Crippen molar-refractivity contribution in [3.8, 4) is 5.75 Å². The van der Waals surface area contributed by atoms with E-state index in [1.807, 2.05) is 43.3 Å². The molecule has 2 aromatic carbocycles. The number of nitrogens with one attached hydrogen (secondary N) is 1. The standard InChI is InChI=1S/C16H16BrNO2/c1-11(12-6-8-15(20-2)9-7-12)18-16(19)13-4-3-5-14(17)10-13/h3-11H,1-2H3,(H,18,19). The average molecular weight is 334 g/mol. The summed E-state index contributed by atoms with van der Waals surface area (Å²) in [5.74, 6) is 0.717. The Morgan fingerprint density at radius 1 is 1.20 bits per heavy atom. The number of carbonyl (C=O) groups is 1. The van der Waals surface area contributed by atoms with Crippen LogP contribution >= 0.6 is 15.9 Å². The Labute approximate surface area is 127 Å². The number of halogens is 1. The topological polar surface area (TPSA) is 38.3 Å². The van der Waals surface area contributed by atoms with Crippen molar-refractivity contribution in [1.82, 2.24) is 5.32 Å². The average Bonchev–Trinajstić information content (AvgIpc) is 2.47. The highest BCUT2D eigenvalue weighted by atomic mass is 79.9. The molecule has 2 rings (SSSR count). The number of carbonyl (C=O) groups excluding carboxylic acids is 1. The van der Waals surface area contributed by atoms with Crippen molar-refractivity contribution in [2.75, 3.05) is 7.11 Å². The Kier molecular flexibility index (Phi) is 4.79. The van der Waals surface area contributed by atoms with Crippen molar-refractivity contribution in [3.63, 3.8) is 0 Å². The molecule has 0 saturated carbocycles. The molecule has 1 unspecified atom stereocenters. The number of ether oxygens (including phenoxy) is 1. The minimum Gasteiger partial charge on any atom is -0.497 e. The van der Waals surface area contributed by atoms with Gasteiger partial charge in [0, 0.05) is 10.0 Å². The molecule has 20 heavy (non-hydrogen) atoms. The quantitative estimate of drug-likeness (QED) is 0.919. The van der Waals surface area contributed by atoms with Gasteiger partial charge in [-0.3, -0.25) is 4.79 Å². The predicted molar refractivity (Wildman–Crippen MR) is 83.0 cm³/mol. The van der Waals surface area contributed by atoms with Crippen molar-refractivity contribution < 1.29 is 9.53 Å². The molecule has 0 fully saturated rings. The smallest absolute Gasteiger partial charge is 0.251 e. The molecule has 0 radical (unpaired) electrons. The highest BCUT2D eigenvalue weighted by molar-refractivity contribution is 9.10. The van der Waals surface area contributed by atoms with Gasteiger partial charge in [0.15, 0.2) is 0 Å². The fourth-order valence-corrected chi connectivity index (χ4v) is 2.28. The lowest BCUT2D eigenvalue weighted by atomic mass is 10.1. The molecule has 104 valence electrons. The number of hydrogen-bond donors (Lipinski definition) is 1. The fourth-order valence-electron chi connectivity index (χ4n) is 1.89. The molecule has 0 aliphatic carbocycles. The molecule has 0 aliphatic heterocycles. The Morgan fingerprint density at radius 2 is 1.90 bits per heavy atom. The summed E-state index contributed by atoms with van der Waals surface area (Å²) in [5, 5.41) is 2.98. The highest BCUT2D eigenvalue weighted by Gasteiger charge is 2.11. The Bertz CT molecular complexity index is 596. The summed E-state index contributed by atoms with van der Waals surface area (Å²) in [4.78, 5) is 12.1. The Hall–Kier alpha value is -1.81. The monoisotopic (exact) mass is 333 g/mol. The summed E-state index contributed by atoms with van der Waals surface area (Å²) >= 11 is 3.36. The SMILES string of the molecule is COc1ccc(C(C)NC(=O)c2cccc(Br)c2)cc1. The van der Waals surface area contributed by atoms with Gasteiger partial charge in [-0.15, -0.1) is 0 Å². The summed E-state index contributed by atoms with van der Waals surface area (Å²) in [6.45, 7) is 1.96. The van der Waals surface area contributed by atoms with E-state index in [4.69, 9.17) is 4.74 Å². The van der Waals surface area contributed by atoms with Crippen molar-refractivity contribution in [2.45, 2.75) is 13.0 Å². The van der Waals surface area contributed by atoms with Gasteiger partial charge in [0.2, 0.25) is 0 Å². The van der Waals surface area contributed by atoms with Crippen LogP contribution in [0.3, 0.4) is 0 Å². The summed E-state index contributed by atoms with van der Waals surface area (Å²) in [7, 11) is 1.63. The van der Waals surface area contributed by atoms with Gasteiger partial charge in [-0.2, -0.15) is 0 Å². The highest BCUT2D eigenvalue weighted by Crippen LogP contribution is 2.18. The third-order valence-corrected chi connectivity index (χ3v) is 3.54. The molecule has 3 nitrogen and oxygen atoms in total. The number of methoxy groups -OCH3 is 1. The van der Waals surface area contributed by atoms with Crippen LogP contribution in [0.2, 0.25) is 0 Å². The van der Waals surface area contributed by atoms with Gasteiger partial charge in [-0.05, 0) is 42.8 Å². The van der Waals surface area contributed by atoms with Gasteiger partial charge in [0.25, 0.3) is 5.91 Å². The summed E-state index contributed by atoms with van der Waals surface area (Å²) in [5.41, 5.74) is 1.67. The van der Waals surface area contributed by atoms with Gasteiger partial charge >= 0.3 is 0 Å². The van der Waals surface area contributed by atoms with Gasteiger partial charge in [-0.25, -0.2) is 0 Å². The lowest BCUT2D eigenvalue weighted by Gasteiger charge is -2.15. The second-order valence-electron chi connectivity index (χ2n) is 4.48. The first-order valence-electron chi connectivity index (χ1n) is 6.30. The molecule has 1 amide bonds. The van der Waals surface area contributed by atoms with Crippen LogP contribution in [-0.4, -0.2) is 13.0 Å². The van der Waals surface area contributed by atoms with E-state index in [-0.39, 0.29) is 11.9 Å². The van der Waals surface area contributed by atoms with E-state index in [0.29, 0.717) is 5.56 Å². The number of hydrogen-bond acceptors (Lipinski definition) is 2. The first kappa shape index (κ1) is 14.6. The molecule has 4 heteroatoms. The zero-order valence-electron chi connectivity index (χ0n) is 11.4. The molecule has 0 bridgehead atoms. The molecule has 1 N–H and O–H groups in total. The van der Waals surface area contributed by atoms with E-state index < -0.39 is 0 Å². The third kappa shape index (κ3) is 3.61. The van der Waals surface area contributed by atoms with E-state index >= 15 is 0 Å². The lowest BCUT2D eigenvalue weighted by Crippen LogP contribution is -2.26. The first-order chi connectivity index (χ1) is 9.60. The van der Waals surface area contributed by atoms with Gasteiger partial charge < -0.3 is 10.1 Å². The molecular formula is C16H16BrNO2. The zero-order valence-corrected chi connectivity index (χ0v) is 13.0. The van der Waals surface area contributed by atoms with E-state index in [1.54, 1.807) is 19.2 Å². The Morgan fingerprint density at radius 3 is 2.50 bits per heavy atom.